The van der Waals surface area contributed by atoms with Crippen molar-refractivity contribution < 1.29 is 10.0 Å². The van der Waals surface area contributed by atoms with Crippen LogP contribution in [0.5, 0.6) is 0 Å². The molecule has 0 saturated carbocycles. The quantitative estimate of drug-likeness (QED) is 0.357. The first-order valence-electron chi connectivity index (χ1n) is 9.07. The van der Waals surface area contributed by atoms with Gasteiger partial charge in [0.15, 0.2) is 5.82 Å². The molecule has 29 heavy (non-hydrogen) atoms. The molecule has 0 bridgehead atoms. The highest BCUT2D eigenvalue weighted by Gasteiger charge is 2.20. The van der Waals surface area contributed by atoms with Crippen molar-refractivity contribution in [2.45, 2.75) is 6.54 Å². The first kappa shape index (κ1) is 18.8. The molecule has 10 heteroatoms. The lowest BCUT2D eigenvalue weighted by atomic mass is 9.79. The van der Waals surface area contributed by atoms with E-state index < -0.39 is 7.12 Å². The van der Waals surface area contributed by atoms with Crippen molar-refractivity contribution in [1.29, 1.82) is 0 Å². The van der Waals surface area contributed by atoms with Crippen LogP contribution in [0, 0.1) is 0 Å². The number of aromatic amines is 1. The van der Waals surface area contributed by atoms with Gasteiger partial charge in [-0.2, -0.15) is 20.1 Å². The molecular weight excluding hydrogens is 369 g/mol. The topological polar surface area (TPSA) is 123 Å². The van der Waals surface area contributed by atoms with E-state index in [2.05, 4.69) is 30.5 Å². The standard InChI is InChI=1S/C19H20BN7O2/c1-27(2)19-23-17(22-18(24-19)21-11-12-7-4-3-5-8-12)16-13-9-6-10-14(20(28)29)15(13)25-26-16/h3-10,28-29H,11H2,1-2H3,(H,25,26)(H,21,22,23,24). The van der Waals surface area contributed by atoms with E-state index in [1.807, 2.05) is 50.5 Å². The Morgan fingerprint density at radius 1 is 1.00 bits per heavy atom. The number of nitrogens with one attached hydrogen (secondary N) is 2. The molecule has 0 saturated heterocycles. The van der Waals surface area contributed by atoms with Crippen molar-refractivity contribution in [2.24, 2.45) is 0 Å². The van der Waals surface area contributed by atoms with Crippen LogP contribution in [0.3, 0.4) is 0 Å². The number of fused-ring (bicyclic) bond motifs is 1. The van der Waals surface area contributed by atoms with Crippen molar-refractivity contribution in [1.82, 2.24) is 25.1 Å². The predicted octanol–water partition coefficient (Wildman–Crippen LogP) is 0.773. The number of anilines is 2. The van der Waals surface area contributed by atoms with E-state index in [4.69, 9.17) is 0 Å². The van der Waals surface area contributed by atoms with Crippen LogP contribution in [0.1, 0.15) is 5.56 Å². The van der Waals surface area contributed by atoms with Crippen LogP contribution in [0.4, 0.5) is 11.9 Å². The first-order chi connectivity index (χ1) is 14.0. The fourth-order valence-electron chi connectivity index (χ4n) is 2.97. The molecule has 4 N–H and O–H groups in total. The Bertz CT molecular complexity index is 1130. The zero-order valence-electron chi connectivity index (χ0n) is 16.0. The predicted molar refractivity (Wildman–Crippen MR) is 113 cm³/mol. The molecule has 0 atom stereocenters. The van der Waals surface area contributed by atoms with E-state index in [1.165, 1.54) is 0 Å². The van der Waals surface area contributed by atoms with Crippen molar-refractivity contribution >= 4 is 35.4 Å². The average Bonchev–Trinajstić information content (AvgIpc) is 3.17. The minimum absolute atomic E-state index is 0.314. The van der Waals surface area contributed by atoms with E-state index in [-0.39, 0.29) is 0 Å². The molecule has 4 aromatic rings. The fraction of sp³-hybridized carbons (Fsp3) is 0.158. The zero-order chi connectivity index (χ0) is 20.4. The minimum atomic E-state index is -1.62. The van der Waals surface area contributed by atoms with E-state index in [0.29, 0.717) is 46.3 Å². The number of hydrogen-bond donors (Lipinski definition) is 4. The molecule has 2 aromatic carbocycles. The molecule has 4 rings (SSSR count). The second-order valence-corrected chi connectivity index (χ2v) is 6.73. The Balaban J connectivity index is 1.74. The van der Waals surface area contributed by atoms with Crippen LogP contribution >= 0.6 is 0 Å². The molecule has 0 amide bonds. The monoisotopic (exact) mass is 389 g/mol. The van der Waals surface area contributed by atoms with Gasteiger partial charge in [0.2, 0.25) is 11.9 Å². The molecule has 2 aromatic heterocycles. The Morgan fingerprint density at radius 3 is 2.52 bits per heavy atom. The lowest BCUT2D eigenvalue weighted by molar-refractivity contribution is 0.426. The number of hydrogen-bond acceptors (Lipinski definition) is 8. The zero-order valence-corrected chi connectivity index (χ0v) is 16.0. The second kappa shape index (κ2) is 7.86. The molecule has 0 radical (unpaired) electrons. The molecule has 0 spiro atoms. The normalized spacial score (nSPS) is 10.9. The number of para-hydroxylation sites is 1. The van der Waals surface area contributed by atoms with Gasteiger partial charge in [-0.3, -0.25) is 5.10 Å². The molecule has 0 fully saturated rings. The number of H-pyrrole nitrogens is 1. The van der Waals surface area contributed by atoms with Gasteiger partial charge in [-0.05, 0) is 5.56 Å². The summed E-state index contributed by atoms with van der Waals surface area (Å²) in [4.78, 5) is 15.3. The summed E-state index contributed by atoms with van der Waals surface area (Å²) in [6.45, 7) is 0.571. The van der Waals surface area contributed by atoms with Crippen molar-refractivity contribution in [3.63, 3.8) is 0 Å². The highest BCUT2D eigenvalue weighted by Crippen LogP contribution is 2.24. The minimum Gasteiger partial charge on any atom is -0.423 e. The van der Waals surface area contributed by atoms with Crippen LogP contribution in [-0.4, -0.2) is 56.4 Å². The Kier molecular flexibility index (Phi) is 5.11. The maximum absolute atomic E-state index is 9.58. The summed E-state index contributed by atoms with van der Waals surface area (Å²) in [6, 6.07) is 15.1. The van der Waals surface area contributed by atoms with Gasteiger partial charge in [-0.25, -0.2) is 0 Å². The van der Waals surface area contributed by atoms with Crippen LogP contribution < -0.4 is 15.7 Å². The maximum atomic E-state index is 9.58. The van der Waals surface area contributed by atoms with Gasteiger partial charge in [0.05, 0.1) is 5.52 Å². The van der Waals surface area contributed by atoms with E-state index in [9.17, 15) is 10.0 Å². The van der Waals surface area contributed by atoms with Crippen LogP contribution in [-0.2, 0) is 6.54 Å². The lowest BCUT2D eigenvalue weighted by Gasteiger charge is -2.13. The largest absolute Gasteiger partial charge is 0.490 e. The van der Waals surface area contributed by atoms with Gasteiger partial charge in [0, 0.05) is 31.5 Å². The van der Waals surface area contributed by atoms with Gasteiger partial charge in [-0.15, -0.1) is 0 Å². The van der Waals surface area contributed by atoms with Crippen molar-refractivity contribution in [2.75, 3.05) is 24.3 Å². The molecule has 0 aliphatic heterocycles. The SMILES string of the molecule is CN(C)c1nc(NCc2ccccc2)nc(-c2[nH]nc3c(B(O)O)cccc23)n1. The highest BCUT2D eigenvalue weighted by molar-refractivity contribution is 6.61. The smallest absolute Gasteiger partial charge is 0.423 e. The summed E-state index contributed by atoms with van der Waals surface area (Å²) in [6.07, 6.45) is 0. The second-order valence-electron chi connectivity index (χ2n) is 6.73. The van der Waals surface area contributed by atoms with Crippen molar-refractivity contribution in [3.05, 3.63) is 54.1 Å². The van der Waals surface area contributed by atoms with Crippen LogP contribution in [0.25, 0.3) is 22.4 Å². The van der Waals surface area contributed by atoms with Gasteiger partial charge in [0.25, 0.3) is 0 Å². The summed E-state index contributed by atoms with van der Waals surface area (Å²) < 4.78 is 0. The molecule has 0 unspecified atom stereocenters. The molecule has 0 aliphatic carbocycles. The van der Waals surface area contributed by atoms with E-state index in [0.717, 1.165) is 5.56 Å². The molecule has 9 nitrogen and oxygen atoms in total. The lowest BCUT2D eigenvalue weighted by Crippen LogP contribution is -2.30. The number of rotatable bonds is 6. The molecule has 146 valence electrons. The number of benzene rings is 2. The van der Waals surface area contributed by atoms with Crippen molar-refractivity contribution in [3.8, 4) is 11.5 Å². The highest BCUT2D eigenvalue weighted by atomic mass is 16.4. The van der Waals surface area contributed by atoms with Gasteiger partial charge < -0.3 is 20.3 Å². The number of nitrogens with zero attached hydrogens (tertiary/aromatic N) is 5. The fourth-order valence-corrected chi connectivity index (χ4v) is 2.97. The van der Waals surface area contributed by atoms with Gasteiger partial charge >= 0.3 is 7.12 Å². The van der Waals surface area contributed by atoms with E-state index >= 15 is 0 Å². The van der Waals surface area contributed by atoms with E-state index in [1.54, 1.807) is 17.0 Å². The Hall–Kier alpha value is -3.50. The number of aromatic nitrogens is 5. The third-order valence-corrected chi connectivity index (χ3v) is 4.43. The van der Waals surface area contributed by atoms with Gasteiger partial charge in [-0.1, -0.05) is 48.5 Å². The average molecular weight is 389 g/mol. The Labute approximate surface area is 167 Å². The third-order valence-electron chi connectivity index (χ3n) is 4.43. The first-order valence-corrected chi connectivity index (χ1v) is 9.07. The summed E-state index contributed by atoms with van der Waals surface area (Å²) in [5.41, 5.74) is 2.46. The molecule has 0 aliphatic rings. The van der Waals surface area contributed by atoms with Gasteiger partial charge in [0.1, 0.15) is 5.69 Å². The molecule has 2 heterocycles. The summed E-state index contributed by atoms with van der Waals surface area (Å²) in [7, 11) is 2.09. The van der Waals surface area contributed by atoms with Crippen LogP contribution in [0.15, 0.2) is 48.5 Å². The Morgan fingerprint density at radius 2 is 1.79 bits per heavy atom. The third kappa shape index (κ3) is 3.89. The van der Waals surface area contributed by atoms with Crippen LogP contribution in [0.2, 0.25) is 0 Å². The summed E-state index contributed by atoms with van der Waals surface area (Å²) >= 11 is 0. The summed E-state index contributed by atoms with van der Waals surface area (Å²) in [5.74, 6) is 1.33. The molecular formula is C19H20BN7O2. The maximum Gasteiger partial charge on any atom is 0.490 e. The summed E-state index contributed by atoms with van der Waals surface area (Å²) in [5, 5.41) is 30.3.